The van der Waals surface area contributed by atoms with Crippen LogP contribution in [0.5, 0.6) is 0 Å². The van der Waals surface area contributed by atoms with Crippen LogP contribution in [0.4, 0.5) is 10.1 Å². The van der Waals surface area contributed by atoms with Crippen molar-refractivity contribution >= 4 is 27.1 Å². The van der Waals surface area contributed by atoms with Crippen molar-refractivity contribution in [2.24, 2.45) is 5.73 Å². The molecule has 8 nitrogen and oxygen atoms in total. The Morgan fingerprint density at radius 1 is 1.22 bits per heavy atom. The van der Waals surface area contributed by atoms with Gasteiger partial charge in [0.2, 0.25) is 5.89 Å². The second kappa shape index (κ2) is 10.1. The Hall–Kier alpha value is -2.53. The van der Waals surface area contributed by atoms with Gasteiger partial charge in [-0.2, -0.15) is 0 Å². The van der Waals surface area contributed by atoms with Crippen LogP contribution in [0.2, 0.25) is 5.02 Å². The zero-order valence-electron chi connectivity index (χ0n) is 20.8. The van der Waals surface area contributed by atoms with Gasteiger partial charge in [-0.05, 0) is 56.9 Å². The van der Waals surface area contributed by atoms with Crippen molar-refractivity contribution in [3.05, 3.63) is 58.7 Å². The Kier molecular flexibility index (Phi) is 7.43. The van der Waals surface area contributed by atoms with E-state index in [9.17, 15) is 8.42 Å². The predicted molar refractivity (Wildman–Crippen MR) is 138 cm³/mol. The van der Waals surface area contributed by atoms with Crippen LogP contribution in [-0.2, 0) is 21.8 Å². The number of hydrogen-bond donors (Lipinski definition) is 1. The number of hydrogen-bond acceptors (Lipinski definition) is 8. The molecule has 0 saturated carbocycles. The highest BCUT2D eigenvalue weighted by molar-refractivity contribution is 7.91. The van der Waals surface area contributed by atoms with Gasteiger partial charge in [-0.25, -0.2) is 12.8 Å². The second-order valence-electron chi connectivity index (χ2n) is 10.2. The Morgan fingerprint density at radius 3 is 2.58 bits per heavy atom. The summed E-state index contributed by atoms with van der Waals surface area (Å²) < 4.78 is 47.4. The molecule has 36 heavy (non-hydrogen) atoms. The van der Waals surface area contributed by atoms with E-state index in [2.05, 4.69) is 15.1 Å². The third kappa shape index (κ3) is 5.72. The summed E-state index contributed by atoms with van der Waals surface area (Å²) in [6.07, 6.45) is 0.763. The molecule has 0 bridgehead atoms. The standard InChI is InChI=1S/C25H31ClFN5O3S/c1-25(2,9-10-31(3)4)24-30-29-23(35-24)19-11-21-22(12-20(19)27)36(33,34)15-18(28)14-32(21)13-16-5-7-17(26)8-6-16/h5-8,11-12,18H,9-10,13-15,28H2,1-4H3/t18-/m1/s1. The van der Waals surface area contributed by atoms with Crippen LogP contribution >= 0.6 is 11.6 Å². The second-order valence-corrected chi connectivity index (χ2v) is 12.6. The summed E-state index contributed by atoms with van der Waals surface area (Å²) >= 11 is 6.02. The molecule has 2 N–H and O–H groups in total. The smallest absolute Gasteiger partial charge is 0.250 e. The summed E-state index contributed by atoms with van der Waals surface area (Å²) in [5.74, 6) is -0.636. The van der Waals surface area contributed by atoms with E-state index >= 15 is 4.39 Å². The molecule has 2 aromatic carbocycles. The highest BCUT2D eigenvalue weighted by Gasteiger charge is 2.33. The molecular formula is C25H31ClFN5O3S. The van der Waals surface area contributed by atoms with E-state index in [1.54, 1.807) is 12.1 Å². The molecule has 1 aliphatic rings. The highest BCUT2D eigenvalue weighted by Crippen LogP contribution is 2.37. The van der Waals surface area contributed by atoms with Gasteiger partial charge in [0.05, 0.1) is 21.9 Å². The fourth-order valence-corrected chi connectivity index (χ4v) is 5.95. The van der Waals surface area contributed by atoms with Crippen LogP contribution in [0.1, 0.15) is 31.7 Å². The van der Waals surface area contributed by atoms with Crippen LogP contribution < -0.4 is 10.6 Å². The zero-order valence-corrected chi connectivity index (χ0v) is 22.4. The first-order valence-corrected chi connectivity index (χ1v) is 13.7. The third-order valence-electron chi connectivity index (χ3n) is 6.32. The van der Waals surface area contributed by atoms with E-state index in [0.29, 0.717) is 23.1 Å². The number of aromatic nitrogens is 2. The number of nitrogens with zero attached hydrogens (tertiary/aromatic N) is 4. The van der Waals surface area contributed by atoms with Crippen LogP contribution in [0.15, 0.2) is 45.7 Å². The minimum Gasteiger partial charge on any atom is -0.420 e. The van der Waals surface area contributed by atoms with Crippen molar-refractivity contribution in [3.8, 4) is 11.5 Å². The van der Waals surface area contributed by atoms with Gasteiger partial charge in [0, 0.05) is 29.6 Å². The Bertz CT molecular complexity index is 1340. The average molecular weight is 536 g/mol. The lowest BCUT2D eigenvalue weighted by Gasteiger charge is -2.26. The first-order chi connectivity index (χ1) is 16.9. The summed E-state index contributed by atoms with van der Waals surface area (Å²) in [6, 6.07) is 9.11. The van der Waals surface area contributed by atoms with Crippen LogP contribution in [0, 0.1) is 5.82 Å². The van der Waals surface area contributed by atoms with Gasteiger partial charge in [0.1, 0.15) is 5.82 Å². The van der Waals surface area contributed by atoms with Crippen LogP contribution in [-0.4, -0.2) is 62.5 Å². The van der Waals surface area contributed by atoms with Crippen molar-refractivity contribution in [2.75, 3.05) is 37.8 Å². The number of fused-ring (bicyclic) bond motifs is 1. The fraction of sp³-hybridized carbons (Fsp3) is 0.440. The SMILES string of the molecule is CN(C)CCC(C)(C)c1nnc(-c2cc3c(cc2F)S(=O)(=O)C[C@H](N)CN3Cc2ccc(Cl)cc2)o1. The van der Waals surface area contributed by atoms with Gasteiger partial charge in [-0.15, -0.1) is 10.2 Å². The summed E-state index contributed by atoms with van der Waals surface area (Å²) in [5.41, 5.74) is 7.04. The Labute approximate surface area is 216 Å². The molecule has 194 valence electrons. The number of benzene rings is 2. The van der Waals surface area contributed by atoms with E-state index in [-0.39, 0.29) is 28.6 Å². The molecule has 0 unspecified atom stereocenters. The zero-order chi connectivity index (χ0) is 26.3. The largest absolute Gasteiger partial charge is 0.420 e. The lowest BCUT2D eigenvalue weighted by Crippen LogP contribution is -2.39. The van der Waals surface area contributed by atoms with E-state index in [1.165, 1.54) is 6.07 Å². The van der Waals surface area contributed by atoms with Gasteiger partial charge in [-0.3, -0.25) is 0 Å². The summed E-state index contributed by atoms with van der Waals surface area (Å²) in [7, 11) is 0.151. The highest BCUT2D eigenvalue weighted by atomic mass is 35.5. The first kappa shape index (κ1) is 26.5. The minimum absolute atomic E-state index is 0.000569. The van der Waals surface area contributed by atoms with E-state index in [1.807, 2.05) is 45.0 Å². The fourth-order valence-electron chi connectivity index (χ4n) is 4.18. The number of halogens is 2. The molecular weight excluding hydrogens is 505 g/mol. The summed E-state index contributed by atoms with van der Waals surface area (Å²) in [5, 5.41) is 8.89. The van der Waals surface area contributed by atoms with E-state index in [4.69, 9.17) is 21.8 Å². The number of sulfone groups is 1. The maximum Gasteiger partial charge on any atom is 0.250 e. The van der Waals surface area contributed by atoms with Crippen molar-refractivity contribution in [3.63, 3.8) is 0 Å². The maximum absolute atomic E-state index is 15.3. The van der Waals surface area contributed by atoms with E-state index < -0.39 is 27.1 Å². The van der Waals surface area contributed by atoms with Crippen molar-refractivity contribution in [1.82, 2.24) is 15.1 Å². The lowest BCUT2D eigenvalue weighted by atomic mass is 9.89. The number of nitrogens with two attached hydrogens (primary N) is 1. The third-order valence-corrected chi connectivity index (χ3v) is 8.43. The van der Waals surface area contributed by atoms with Gasteiger partial charge < -0.3 is 20.0 Å². The van der Waals surface area contributed by atoms with Crippen molar-refractivity contribution < 1.29 is 17.2 Å². The molecule has 0 fully saturated rings. The maximum atomic E-state index is 15.3. The molecule has 0 aliphatic carbocycles. The average Bonchev–Trinajstić information content (AvgIpc) is 3.26. The van der Waals surface area contributed by atoms with E-state index in [0.717, 1.165) is 24.6 Å². The molecule has 11 heteroatoms. The van der Waals surface area contributed by atoms with Gasteiger partial charge in [-0.1, -0.05) is 37.6 Å². The molecule has 1 aliphatic heterocycles. The normalized spacial score (nSPS) is 17.8. The topological polar surface area (TPSA) is 106 Å². The molecule has 0 amide bonds. The Morgan fingerprint density at radius 2 is 1.92 bits per heavy atom. The van der Waals surface area contributed by atoms with Crippen LogP contribution in [0.3, 0.4) is 0 Å². The molecule has 3 aromatic rings. The minimum atomic E-state index is -3.81. The van der Waals surface area contributed by atoms with Crippen LogP contribution in [0.25, 0.3) is 11.5 Å². The Balaban J connectivity index is 1.76. The summed E-state index contributed by atoms with van der Waals surface area (Å²) in [4.78, 5) is 3.80. The molecule has 1 atom stereocenters. The molecule has 2 heterocycles. The van der Waals surface area contributed by atoms with Crippen molar-refractivity contribution in [2.45, 2.75) is 43.2 Å². The van der Waals surface area contributed by atoms with Crippen molar-refractivity contribution in [1.29, 1.82) is 0 Å². The quantitative estimate of drug-likeness (QED) is 0.486. The number of anilines is 1. The number of rotatable bonds is 7. The molecule has 1 aromatic heterocycles. The molecule has 0 saturated heterocycles. The summed E-state index contributed by atoms with van der Waals surface area (Å²) in [6.45, 7) is 5.43. The molecule has 0 radical (unpaired) electrons. The van der Waals surface area contributed by atoms with Gasteiger partial charge in [0.15, 0.2) is 9.84 Å². The van der Waals surface area contributed by atoms with Gasteiger partial charge in [0.25, 0.3) is 5.89 Å². The molecule has 4 rings (SSSR count). The lowest BCUT2D eigenvalue weighted by molar-refractivity contribution is 0.299. The molecule has 0 spiro atoms. The van der Waals surface area contributed by atoms with Gasteiger partial charge >= 0.3 is 0 Å². The monoisotopic (exact) mass is 535 g/mol. The first-order valence-electron chi connectivity index (χ1n) is 11.7. The predicted octanol–water partition coefficient (Wildman–Crippen LogP) is 3.88.